The van der Waals surface area contributed by atoms with Gasteiger partial charge >= 0.3 is 0 Å². The zero-order valence-electron chi connectivity index (χ0n) is 15.0. The second-order valence-corrected chi connectivity index (χ2v) is 5.83. The van der Waals surface area contributed by atoms with Crippen LogP contribution in [-0.4, -0.2) is 34.2 Å². The summed E-state index contributed by atoms with van der Waals surface area (Å²) in [4.78, 5) is 4.14. The SMILES string of the molecule is CN=C(NCCc1nnc2ccccn12)NC(C)c1ccc(F)cc1F.I. The van der Waals surface area contributed by atoms with E-state index in [1.54, 1.807) is 14.0 Å². The molecule has 9 heteroatoms. The molecule has 144 valence electrons. The van der Waals surface area contributed by atoms with E-state index in [0.29, 0.717) is 24.5 Å². The summed E-state index contributed by atoms with van der Waals surface area (Å²) < 4.78 is 28.9. The monoisotopic (exact) mass is 486 g/mol. The summed E-state index contributed by atoms with van der Waals surface area (Å²) in [6, 6.07) is 8.90. The highest BCUT2D eigenvalue weighted by Gasteiger charge is 2.13. The Balaban J connectivity index is 0.00000261. The van der Waals surface area contributed by atoms with Gasteiger partial charge in [-0.2, -0.15) is 0 Å². The van der Waals surface area contributed by atoms with Crippen LogP contribution in [0, 0.1) is 11.6 Å². The average Bonchev–Trinajstić information content (AvgIpc) is 3.04. The van der Waals surface area contributed by atoms with E-state index >= 15 is 0 Å². The van der Waals surface area contributed by atoms with Crippen LogP contribution in [-0.2, 0) is 6.42 Å². The maximum absolute atomic E-state index is 13.9. The second-order valence-electron chi connectivity index (χ2n) is 5.83. The molecular weight excluding hydrogens is 465 g/mol. The number of pyridine rings is 1. The summed E-state index contributed by atoms with van der Waals surface area (Å²) in [5.74, 6) is 0.174. The first kappa shape index (κ1) is 21.0. The number of nitrogens with one attached hydrogen (secondary N) is 2. The Morgan fingerprint density at radius 1 is 1.22 bits per heavy atom. The molecule has 6 nitrogen and oxygen atoms in total. The van der Waals surface area contributed by atoms with Gasteiger partial charge in [0.2, 0.25) is 0 Å². The molecule has 3 aromatic rings. The molecular formula is C18H21F2IN6. The number of benzene rings is 1. The van der Waals surface area contributed by atoms with Gasteiger partial charge in [-0.05, 0) is 25.1 Å². The minimum atomic E-state index is -0.596. The Hall–Kier alpha value is -2.30. The first-order valence-electron chi connectivity index (χ1n) is 8.29. The van der Waals surface area contributed by atoms with Crippen molar-refractivity contribution in [3.8, 4) is 0 Å². The molecule has 0 amide bonds. The van der Waals surface area contributed by atoms with Crippen LogP contribution in [0.15, 0.2) is 47.6 Å². The fourth-order valence-corrected chi connectivity index (χ4v) is 2.68. The maximum Gasteiger partial charge on any atom is 0.191 e. The third-order valence-corrected chi connectivity index (χ3v) is 4.03. The molecule has 3 rings (SSSR count). The third-order valence-electron chi connectivity index (χ3n) is 4.03. The van der Waals surface area contributed by atoms with Crippen molar-refractivity contribution in [1.29, 1.82) is 0 Å². The van der Waals surface area contributed by atoms with Gasteiger partial charge in [-0.3, -0.25) is 9.39 Å². The van der Waals surface area contributed by atoms with E-state index in [-0.39, 0.29) is 30.0 Å². The molecule has 27 heavy (non-hydrogen) atoms. The molecule has 0 radical (unpaired) electrons. The van der Waals surface area contributed by atoms with Crippen molar-refractivity contribution in [3.05, 3.63) is 65.6 Å². The Labute approximate surface area is 173 Å². The lowest BCUT2D eigenvalue weighted by atomic mass is 10.1. The predicted molar refractivity (Wildman–Crippen MR) is 111 cm³/mol. The van der Waals surface area contributed by atoms with Crippen molar-refractivity contribution in [1.82, 2.24) is 25.2 Å². The van der Waals surface area contributed by atoms with E-state index in [1.807, 2.05) is 28.8 Å². The molecule has 0 aliphatic carbocycles. The minimum absolute atomic E-state index is 0. The largest absolute Gasteiger partial charge is 0.356 e. The van der Waals surface area contributed by atoms with E-state index in [0.717, 1.165) is 17.5 Å². The first-order chi connectivity index (χ1) is 12.6. The van der Waals surface area contributed by atoms with Gasteiger partial charge in [-0.15, -0.1) is 34.2 Å². The second kappa shape index (κ2) is 9.58. The van der Waals surface area contributed by atoms with E-state index in [9.17, 15) is 8.78 Å². The Kier molecular flexibility index (Phi) is 7.45. The summed E-state index contributed by atoms with van der Waals surface area (Å²) in [6.45, 7) is 2.36. The molecule has 0 aliphatic rings. The summed E-state index contributed by atoms with van der Waals surface area (Å²) in [7, 11) is 1.63. The van der Waals surface area contributed by atoms with Gasteiger partial charge in [-0.1, -0.05) is 12.1 Å². The van der Waals surface area contributed by atoms with Crippen LogP contribution in [0.2, 0.25) is 0 Å². The van der Waals surface area contributed by atoms with Gasteiger partial charge in [0.1, 0.15) is 17.5 Å². The molecule has 1 aromatic carbocycles. The fraction of sp³-hybridized carbons (Fsp3) is 0.278. The van der Waals surface area contributed by atoms with Gasteiger partial charge in [-0.25, -0.2) is 8.78 Å². The van der Waals surface area contributed by atoms with E-state index in [4.69, 9.17) is 0 Å². The summed E-state index contributed by atoms with van der Waals surface area (Å²) in [5.41, 5.74) is 1.17. The molecule has 0 fully saturated rings. The van der Waals surface area contributed by atoms with Gasteiger partial charge < -0.3 is 10.6 Å². The zero-order chi connectivity index (χ0) is 18.5. The van der Waals surface area contributed by atoms with Gasteiger partial charge in [0.25, 0.3) is 0 Å². The van der Waals surface area contributed by atoms with Crippen molar-refractivity contribution in [3.63, 3.8) is 0 Å². The number of aromatic nitrogens is 3. The van der Waals surface area contributed by atoms with E-state index in [1.165, 1.54) is 12.1 Å². The van der Waals surface area contributed by atoms with E-state index in [2.05, 4.69) is 25.8 Å². The number of nitrogens with zero attached hydrogens (tertiary/aromatic N) is 4. The summed E-state index contributed by atoms with van der Waals surface area (Å²) in [5, 5.41) is 14.5. The standard InChI is InChI=1S/C18H20F2N6.HI/c1-12(14-7-6-13(19)11-15(14)20)23-18(21-2)22-9-8-17-25-24-16-5-3-4-10-26(16)17;/h3-7,10-12H,8-9H2,1-2H3,(H2,21,22,23);1H. The lowest BCUT2D eigenvalue weighted by molar-refractivity contribution is 0.550. The van der Waals surface area contributed by atoms with Gasteiger partial charge in [0.15, 0.2) is 11.6 Å². The molecule has 2 aromatic heterocycles. The molecule has 0 bridgehead atoms. The van der Waals surface area contributed by atoms with Crippen LogP contribution in [0.4, 0.5) is 8.78 Å². The maximum atomic E-state index is 13.9. The van der Waals surface area contributed by atoms with Crippen LogP contribution in [0.1, 0.15) is 24.4 Å². The quantitative estimate of drug-likeness (QED) is 0.331. The van der Waals surface area contributed by atoms with E-state index < -0.39 is 11.6 Å². The number of hydrogen-bond donors (Lipinski definition) is 2. The lowest BCUT2D eigenvalue weighted by Crippen LogP contribution is -2.40. The highest BCUT2D eigenvalue weighted by Crippen LogP contribution is 2.17. The van der Waals surface area contributed by atoms with Crippen molar-refractivity contribution >= 4 is 35.6 Å². The number of rotatable bonds is 5. The Morgan fingerprint density at radius 2 is 2.04 bits per heavy atom. The minimum Gasteiger partial charge on any atom is -0.356 e. The zero-order valence-corrected chi connectivity index (χ0v) is 17.3. The average molecular weight is 486 g/mol. The Bertz CT molecular complexity index is 927. The third kappa shape index (κ3) is 5.12. The molecule has 2 heterocycles. The Morgan fingerprint density at radius 3 is 2.78 bits per heavy atom. The molecule has 1 atom stereocenters. The number of aliphatic imine (C=N–C) groups is 1. The van der Waals surface area contributed by atoms with Gasteiger partial charge in [0.05, 0.1) is 6.04 Å². The summed E-state index contributed by atoms with van der Waals surface area (Å²) in [6.07, 6.45) is 2.56. The molecule has 1 unspecified atom stereocenters. The topological polar surface area (TPSA) is 66.6 Å². The molecule has 0 saturated carbocycles. The van der Waals surface area contributed by atoms with Crippen LogP contribution in [0.5, 0.6) is 0 Å². The summed E-state index contributed by atoms with van der Waals surface area (Å²) >= 11 is 0. The number of guanidine groups is 1. The number of fused-ring (bicyclic) bond motifs is 1. The number of halogens is 3. The normalized spacial score (nSPS) is 12.5. The molecule has 0 aliphatic heterocycles. The van der Waals surface area contributed by atoms with Gasteiger partial charge in [0, 0.05) is 37.8 Å². The molecule has 0 spiro atoms. The highest BCUT2D eigenvalue weighted by atomic mass is 127. The van der Waals surface area contributed by atoms with Crippen molar-refractivity contribution in [2.75, 3.05) is 13.6 Å². The smallest absolute Gasteiger partial charge is 0.191 e. The molecule has 2 N–H and O–H groups in total. The number of hydrogen-bond acceptors (Lipinski definition) is 3. The predicted octanol–water partition coefficient (Wildman–Crippen LogP) is 3.09. The van der Waals surface area contributed by atoms with Crippen LogP contribution >= 0.6 is 24.0 Å². The van der Waals surface area contributed by atoms with Crippen LogP contribution < -0.4 is 10.6 Å². The van der Waals surface area contributed by atoms with Crippen molar-refractivity contribution < 1.29 is 8.78 Å². The fourth-order valence-electron chi connectivity index (χ4n) is 2.68. The lowest BCUT2D eigenvalue weighted by Gasteiger charge is -2.18. The van der Waals surface area contributed by atoms with Crippen molar-refractivity contribution in [2.45, 2.75) is 19.4 Å². The van der Waals surface area contributed by atoms with Crippen LogP contribution in [0.25, 0.3) is 5.65 Å². The highest BCUT2D eigenvalue weighted by molar-refractivity contribution is 14.0. The van der Waals surface area contributed by atoms with Crippen LogP contribution in [0.3, 0.4) is 0 Å². The first-order valence-corrected chi connectivity index (χ1v) is 8.29. The van der Waals surface area contributed by atoms with Crippen molar-refractivity contribution in [2.24, 2.45) is 4.99 Å². The molecule has 0 saturated heterocycles.